The lowest BCUT2D eigenvalue weighted by molar-refractivity contribution is -0.378. The molecule has 14 rings (SSSR count). The molecule has 6 heterocycles. The SMILES string of the molecule is COC(=O)CBr.COC(=O)Cn1ccc2cc(OC)ccc21.COc1ccc2[nH]ccc2c1.COc1ccc2c(ccn2CC(=O)O)c1.COc1ccc2c(ccn2CC(=O)O[C@@H](Cc2c(Cl)c[nH+]cc2Cl)c2ccc(OC(F)F)c(OCC3CC3)c2)c1.O[C@@H](Cc1c(Cl)c[nH+]cc1Cl)c1ccc(OC(F)F)c(OCC2CC2)c1.[OH-].[OH-]. The van der Waals surface area contributed by atoms with Crippen LogP contribution in [0.5, 0.6) is 46.0 Å². The molecule has 116 heavy (non-hydrogen) atoms. The molecule has 0 spiro atoms. The molecule has 2 saturated carbocycles. The number of carbonyl (C=O) groups is 4. The number of hydrogen-bond donors (Lipinski definition) is 3. The maximum absolute atomic E-state index is 13.2. The number of nitrogens with zero attached hydrogens (tertiary/aromatic N) is 3. The first-order valence-electron chi connectivity index (χ1n) is 35.3. The number of aliphatic hydroxyl groups excluding tert-OH is 1. The number of aromatic nitrogens is 6. The van der Waals surface area contributed by atoms with Gasteiger partial charge in [-0.05, 0) is 170 Å². The van der Waals surface area contributed by atoms with E-state index in [-0.39, 0.29) is 83.7 Å². The van der Waals surface area contributed by atoms with Crippen LogP contribution in [-0.4, -0.2) is 138 Å². The monoisotopic (exact) mass is 1750 g/mol. The van der Waals surface area contributed by atoms with E-state index < -0.39 is 37.4 Å². The number of H-pyrrole nitrogens is 3. The van der Waals surface area contributed by atoms with E-state index in [1.54, 1.807) is 86.9 Å². The largest absolute Gasteiger partial charge is 0.870 e. The lowest BCUT2D eigenvalue weighted by atomic mass is 10.0. The summed E-state index contributed by atoms with van der Waals surface area (Å²) in [6.07, 6.45) is 16.3. The number of ether oxygens (including phenoxy) is 11. The van der Waals surface area contributed by atoms with Gasteiger partial charge in [0.15, 0.2) is 47.8 Å². The minimum Gasteiger partial charge on any atom is -0.870 e. The molecule has 0 unspecified atom stereocenters. The molecule has 0 bridgehead atoms. The van der Waals surface area contributed by atoms with Gasteiger partial charge in [-0.2, -0.15) is 17.6 Å². The minimum atomic E-state index is -3.02. The number of carbonyl (C=O) groups excluding carboxylic acids is 3. The second-order valence-corrected chi connectivity index (χ2v) is 27.7. The summed E-state index contributed by atoms with van der Waals surface area (Å²) in [6.45, 7) is -5.00. The highest BCUT2D eigenvalue weighted by Gasteiger charge is 2.28. The smallest absolute Gasteiger partial charge is 0.387 e. The summed E-state index contributed by atoms with van der Waals surface area (Å²) in [4.78, 5) is 53.7. The molecule has 2 fully saturated rings. The third-order valence-electron chi connectivity index (χ3n) is 17.7. The van der Waals surface area contributed by atoms with Crippen molar-refractivity contribution in [3.63, 3.8) is 0 Å². The van der Waals surface area contributed by atoms with E-state index in [0.717, 1.165) is 81.2 Å². The van der Waals surface area contributed by atoms with Gasteiger partial charge in [0.05, 0.1) is 62.0 Å². The van der Waals surface area contributed by atoms with Crippen molar-refractivity contribution >= 4 is 130 Å². The van der Waals surface area contributed by atoms with E-state index in [9.17, 15) is 41.8 Å². The van der Waals surface area contributed by atoms with E-state index in [4.69, 9.17) is 84.7 Å². The second-order valence-electron chi connectivity index (χ2n) is 25.6. The van der Waals surface area contributed by atoms with Gasteiger partial charge < -0.3 is 92.0 Å². The third-order valence-corrected chi connectivity index (χ3v) is 19.5. The molecule has 7 N–H and O–H groups in total. The van der Waals surface area contributed by atoms with E-state index in [0.29, 0.717) is 73.1 Å². The van der Waals surface area contributed by atoms with Crippen molar-refractivity contribution in [1.82, 2.24) is 18.7 Å². The molecule has 6 aromatic carbocycles. The number of carboxylic acids is 1. The summed E-state index contributed by atoms with van der Waals surface area (Å²) >= 11 is 27.9. The molecule has 6 aromatic heterocycles. The lowest BCUT2D eigenvalue weighted by Gasteiger charge is -2.21. The number of hydrogen-bond acceptors (Lipinski definition) is 18. The van der Waals surface area contributed by atoms with Crippen molar-refractivity contribution in [2.45, 2.75) is 83.6 Å². The van der Waals surface area contributed by atoms with Crippen LogP contribution in [0.25, 0.3) is 43.6 Å². The number of aromatic amines is 3. The molecule has 34 heteroatoms. The highest BCUT2D eigenvalue weighted by molar-refractivity contribution is 9.09. The number of rotatable bonds is 28. The van der Waals surface area contributed by atoms with Crippen molar-refractivity contribution < 1.29 is 120 Å². The van der Waals surface area contributed by atoms with Crippen LogP contribution in [-0.2, 0) is 65.9 Å². The molecule has 2 atom stereocenters. The summed E-state index contributed by atoms with van der Waals surface area (Å²) in [5, 5.41) is 25.2. The van der Waals surface area contributed by atoms with Gasteiger partial charge in [-0.1, -0.05) is 74.5 Å². The van der Waals surface area contributed by atoms with Crippen LogP contribution in [0.4, 0.5) is 17.6 Å². The van der Waals surface area contributed by atoms with Crippen molar-refractivity contribution in [3.05, 3.63) is 225 Å². The quantitative estimate of drug-likeness (QED) is 0.0177. The summed E-state index contributed by atoms with van der Waals surface area (Å²) in [5.41, 5.74) is 6.04. The number of aliphatic hydroxyl groups is 1. The number of methoxy groups -OCH3 is 6. The topological polar surface area (TPSA) is 329 Å². The fourth-order valence-electron chi connectivity index (χ4n) is 11.3. The predicted octanol–water partition coefficient (Wildman–Crippen LogP) is 17.1. The number of carboxylic acid groups (broad SMARTS) is 1. The molecule has 12 aromatic rings. The number of nitrogens with one attached hydrogen (secondary N) is 3. The highest BCUT2D eigenvalue weighted by atomic mass is 79.9. The third kappa shape index (κ3) is 27.5. The van der Waals surface area contributed by atoms with Crippen LogP contribution in [0, 0.1) is 11.8 Å². The van der Waals surface area contributed by atoms with Crippen molar-refractivity contribution in [1.29, 1.82) is 0 Å². The summed E-state index contributed by atoms with van der Waals surface area (Å²) in [5.74, 6) is 2.35. The molecule has 0 amide bonds. The van der Waals surface area contributed by atoms with Gasteiger partial charge in [0, 0.05) is 92.4 Å². The Morgan fingerprint density at radius 2 is 0.888 bits per heavy atom. The zero-order valence-electron chi connectivity index (χ0n) is 63.4. The Labute approximate surface area is 692 Å². The molecular weight excluding hydrogens is 1670 g/mol. The number of pyridine rings is 2. The summed E-state index contributed by atoms with van der Waals surface area (Å²) in [7, 11) is 9.24. The first-order chi connectivity index (χ1) is 54.9. The Balaban J connectivity index is 0.000000210. The van der Waals surface area contributed by atoms with Crippen LogP contribution >= 0.6 is 62.3 Å². The molecular formula is C82H85BrCl4F4N6O19. The first kappa shape index (κ1) is 92.5. The predicted molar refractivity (Wildman–Crippen MR) is 429 cm³/mol. The molecule has 2 aliphatic carbocycles. The Morgan fingerprint density at radius 1 is 0.491 bits per heavy atom. The zero-order chi connectivity index (χ0) is 82.0. The summed E-state index contributed by atoms with van der Waals surface area (Å²) < 4.78 is 113. The van der Waals surface area contributed by atoms with Gasteiger partial charge in [-0.25, -0.2) is 9.97 Å². The molecule has 0 saturated heterocycles. The number of benzene rings is 6. The number of aliphatic carboxylic acids is 1. The Bertz CT molecular complexity index is 5160. The van der Waals surface area contributed by atoms with Gasteiger partial charge in [0.1, 0.15) is 74.2 Å². The van der Waals surface area contributed by atoms with Crippen LogP contribution in [0.1, 0.15) is 60.1 Å². The van der Waals surface area contributed by atoms with E-state index in [1.807, 2.05) is 114 Å². The van der Waals surface area contributed by atoms with Crippen LogP contribution in [0.15, 0.2) is 183 Å². The molecule has 0 aliphatic heterocycles. The zero-order valence-corrected chi connectivity index (χ0v) is 68.0. The van der Waals surface area contributed by atoms with E-state index in [2.05, 4.69) is 49.8 Å². The van der Waals surface area contributed by atoms with Gasteiger partial charge in [-0.15, -0.1) is 0 Å². The number of esters is 3. The molecule has 0 radical (unpaired) electrons. The molecule has 25 nitrogen and oxygen atoms in total. The standard InChI is InChI=1S/C29H26Cl2F2N2O5.C18H17Cl2F2NO3.C12H13NO3.C11H11NO3.C9H9NO.C3H5BrO2.2H2O/c1-37-20-5-6-24-18(10-20)8-9-35(24)15-28(36)39-26(12-21-22(30)13-34-14-23(21)31)19-4-7-25(40-29(32)33)27(11-19)38-16-17-2-3-17;19-13-7-23-8-14(20)12(13)6-15(24)11-3-4-16(26-18(21)22)17(5-11)25-9-10-1-2-10;1-15-10-3-4-11-9(7-10)5-6-13(11)8-12(14)16-2;1-15-9-2-3-10-8(6-9)4-5-12(10)7-11(13)14;1-11-8-2-3-9-7(6-8)4-5-10-9;1-6-3(5)2-4;;/h4-11,13-14,17,26,29H,2-3,12,15-16H2,1H3;3-5,7-8,10,15,18,24H,1-2,6,9H2;3-7H,8H2,1-2H3;2-6H,7H2,1H3,(H,13,14);2-6,10H,1H3;2H2,1H3;2*1H2/t26-;15-;;;;;;/m00....../s1. The van der Waals surface area contributed by atoms with Crippen LogP contribution in [0.2, 0.25) is 20.1 Å². The van der Waals surface area contributed by atoms with Crippen molar-refractivity contribution in [2.75, 3.05) is 61.2 Å². The van der Waals surface area contributed by atoms with E-state index >= 15 is 0 Å². The van der Waals surface area contributed by atoms with Gasteiger partial charge in [0.25, 0.3) is 0 Å². The first-order valence-corrected chi connectivity index (χ1v) is 37.9. The lowest BCUT2D eigenvalue weighted by Crippen LogP contribution is -2.19. The fourth-order valence-corrected chi connectivity index (χ4v) is 12.6. The van der Waals surface area contributed by atoms with Gasteiger partial charge in [0.2, 0.25) is 0 Å². The molecule has 620 valence electrons. The average molecular weight is 1760 g/mol. The number of alkyl halides is 5. The number of halogens is 9. The van der Waals surface area contributed by atoms with Gasteiger partial charge in [-0.3, -0.25) is 19.2 Å². The Kier molecular flexibility index (Phi) is 36.3. The summed E-state index contributed by atoms with van der Waals surface area (Å²) in [6, 6.07) is 39.5. The normalized spacial score (nSPS) is 12.3. The fraction of sp³-hybridized carbons (Fsp3) is 0.293. The molecule has 2 aliphatic rings. The Morgan fingerprint density at radius 3 is 1.28 bits per heavy atom. The average Bonchev–Trinajstić information content (AvgIpc) is 1.41. The van der Waals surface area contributed by atoms with Crippen molar-refractivity contribution in [2.24, 2.45) is 11.8 Å². The van der Waals surface area contributed by atoms with Crippen LogP contribution in [0.3, 0.4) is 0 Å². The van der Waals surface area contributed by atoms with Crippen molar-refractivity contribution in [3.8, 4) is 46.0 Å². The van der Waals surface area contributed by atoms with Crippen LogP contribution < -0.4 is 47.9 Å². The highest BCUT2D eigenvalue weighted by Crippen LogP contribution is 2.40. The number of fused-ring (bicyclic) bond motifs is 4. The van der Waals surface area contributed by atoms with Gasteiger partial charge >= 0.3 is 37.1 Å². The Hall–Kier alpha value is -10.7. The maximum atomic E-state index is 13.2. The van der Waals surface area contributed by atoms with E-state index in [1.165, 1.54) is 43.9 Å². The second kappa shape index (κ2) is 45.6. The maximum Gasteiger partial charge on any atom is 0.387 e. The minimum absolute atomic E-state index is 0.